The number of aryl methyl sites for hydroxylation is 1. The van der Waals surface area contributed by atoms with E-state index in [1.54, 1.807) is 7.05 Å². The molecule has 0 fully saturated rings. The minimum Gasteiger partial charge on any atom is -0.315 e. The van der Waals surface area contributed by atoms with E-state index in [0.717, 1.165) is 5.56 Å². The van der Waals surface area contributed by atoms with Crippen LogP contribution in [0, 0.1) is 0 Å². The number of amides is 1. The molecule has 1 unspecified atom stereocenters. The Morgan fingerprint density at radius 2 is 2.00 bits per heavy atom. The van der Waals surface area contributed by atoms with Crippen LogP contribution in [0.15, 0.2) is 18.2 Å². The summed E-state index contributed by atoms with van der Waals surface area (Å²) < 4.78 is 37.5. The molecule has 1 amide bonds. The van der Waals surface area contributed by atoms with Crippen molar-refractivity contribution in [3.05, 3.63) is 29.3 Å². The Bertz CT molecular complexity index is 487. The zero-order chi connectivity index (χ0) is 13.5. The number of alkyl halides is 4. The van der Waals surface area contributed by atoms with Gasteiger partial charge in [-0.2, -0.15) is 13.2 Å². The second-order valence-electron chi connectivity index (χ2n) is 4.25. The number of benzene rings is 1. The fourth-order valence-electron chi connectivity index (χ4n) is 2.02. The first-order chi connectivity index (χ1) is 8.30. The summed E-state index contributed by atoms with van der Waals surface area (Å²) in [7, 11) is 1.61. The van der Waals surface area contributed by atoms with Gasteiger partial charge in [0.25, 0.3) is 0 Å². The number of rotatable bonds is 1. The van der Waals surface area contributed by atoms with Crippen molar-refractivity contribution in [1.82, 2.24) is 0 Å². The van der Waals surface area contributed by atoms with Gasteiger partial charge in [-0.25, -0.2) is 0 Å². The second-order valence-corrected chi connectivity index (χ2v) is 4.68. The molecule has 0 saturated carbocycles. The molecule has 0 aromatic heterocycles. The maximum Gasteiger partial charge on any atom is 0.408 e. The van der Waals surface area contributed by atoms with Crippen LogP contribution in [-0.4, -0.2) is 19.1 Å². The zero-order valence-electron chi connectivity index (χ0n) is 9.59. The molecule has 6 heteroatoms. The first-order valence-corrected chi connectivity index (χ1v) is 5.84. The Balaban J connectivity index is 2.37. The first-order valence-electron chi connectivity index (χ1n) is 5.41. The molecule has 0 aliphatic carbocycles. The van der Waals surface area contributed by atoms with Crippen LogP contribution in [0.1, 0.15) is 22.9 Å². The van der Waals surface area contributed by atoms with Crippen molar-refractivity contribution in [3.8, 4) is 0 Å². The summed E-state index contributed by atoms with van der Waals surface area (Å²) in [5, 5.41) is -2.01. The lowest BCUT2D eigenvalue weighted by Crippen LogP contribution is -2.31. The summed E-state index contributed by atoms with van der Waals surface area (Å²) in [6.45, 7) is 0. The number of halogens is 4. The Kier molecular flexibility index (Phi) is 3.27. The zero-order valence-corrected chi connectivity index (χ0v) is 10.3. The number of nitrogens with zero attached hydrogens (tertiary/aromatic N) is 1. The molecule has 0 radical (unpaired) electrons. The van der Waals surface area contributed by atoms with Gasteiger partial charge in [-0.1, -0.05) is 12.1 Å². The van der Waals surface area contributed by atoms with Gasteiger partial charge in [-0.3, -0.25) is 4.79 Å². The van der Waals surface area contributed by atoms with Gasteiger partial charge in [0.15, 0.2) is 5.38 Å². The van der Waals surface area contributed by atoms with Crippen LogP contribution in [0.5, 0.6) is 0 Å². The minimum absolute atomic E-state index is 0.0191. The minimum atomic E-state index is -4.47. The van der Waals surface area contributed by atoms with Gasteiger partial charge in [-0.15, -0.1) is 11.6 Å². The van der Waals surface area contributed by atoms with Crippen LogP contribution in [0.2, 0.25) is 0 Å². The highest BCUT2D eigenvalue weighted by Crippen LogP contribution is 2.40. The van der Waals surface area contributed by atoms with Gasteiger partial charge in [-0.05, 0) is 23.6 Å². The Hall–Kier alpha value is -1.23. The molecule has 1 aliphatic heterocycles. The summed E-state index contributed by atoms with van der Waals surface area (Å²) in [4.78, 5) is 12.9. The van der Waals surface area contributed by atoms with E-state index >= 15 is 0 Å². The van der Waals surface area contributed by atoms with Gasteiger partial charge in [0.05, 0.1) is 0 Å². The number of carbonyl (C=O) groups is 1. The van der Waals surface area contributed by atoms with Crippen molar-refractivity contribution in [2.75, 3.05) is 11.9 Å². The lowest BCUT2D eigenvalue weighted by atomic mass is 9.98. The van der Waals surface area contributed by atoms with Gasteiger partial charge < -0.3 is 4.90 Å². The molecule has 0 saturated heterocycles. The van der Waals surface area contributed by atoms with Crippen LogP contribution in [0.3, 0.4) is 0 Å². The molecule has 1 atom stereocenters. The lowest BCUT2D eigenvalue weighted by Gasteiger charge is -2.26. The number of hydrogen-bond acceptors (Lipinski definition) is 1. The van der Waals surface area contributed by atoms with Crippen LogP contribution < -0.4 is 4.90 Å². The van der Waals surface area contributed by atoms with Crippen LogP contribution in [-0.2, 0) is 11.2 Å². The van der Waals surface area contributed by atoms with Gasteiger partial charge in [0.2, 0.25) is 5.91 Å². The molecule has 2 nitrogen and oxygen atoms in total. The molecule has 0 bridgehead atoms. The van der Waals surface area contributed by atoms with Gasteiger partial charge in [0, 0.05) is 19.2 Å². The Morgan fingerprint density at radius 3 is 2.61 bits per heavy atom. The van der Waals surface area contributed by atoms with Crippen molar-refractivity contribution in [1.29, 1.82) is 0 Å². The first kappa shape index (κ1) is 13.2. The molecule has 18 heavy (non-hydrogen) atoms. The average Bonchev–Trinajstić information content (AvgIpc) is 2.31. The van der Waals surface area contributed by atoms with E-state index < -0.39 is 11.6 Å². The van der Waals surface area contributed by atoms with E-state index in [-0.39, 0.29) is 11.5 Å². The third-order valence-electron chi connectivity index (χ3n) is 3.03. The average molecular weight is 278 g/mol. The molecule has 0 spiro atoms. The molecule has 0 N–H and O–H groups in total. The summed E-state index contributed by atoms with van der Waals surface area (Å²) in [5.74, 6) is -0.0338. The number of anilines is 1. The standard InChI is InChI=1S/C12H11ClF3NO/c1-17-9-4-2-8(11(13)12(14,15)16)6-7(9)3-5-10(17)18/h2,4,6,11H,3,5H2,1H3. The molecular formula is C12H11ClF3NO. The van der Waals surface area contributed by atoms with Crippen molar-refractivity contribution in [2.45, 2.75) is 24.4 Å². The second kappa shape index (κ2) is 4.46. The highest BCUT2D eigenvalue weighted by Gasteiger charge is 2.39. The predicted molar refractivity (Wildman–Crippen MR) is 62.8 cm³/mol. The van der Waals surface area contributed by atoms with E-state index in [4.69, 9.17) is 11.6 Å². The summed E-state index contributed by atoms with van der Waals surface area (Å²) >= 11 is 5.38. The third-order valence-corrected chi connectivity index (χ3v) is 3.53. The van der Waals surface area contributed by atoms with Crippen LogP contribution in [0.25, 0.3) is 0 Å². The summed E-state index contributed by atoms with van der Waals surface area (Å²) in [5.41, 5.74) is 1.40. The van der Waals surface area contributed by atoms with Crippen molar-refractivity contribution in [2.24, 2.45) is 0 Å². The molecule has 1 heterocycles. The fraction of sp³-hybridized carbons (Fsp3) is 0.417. The summed E-state index contributed by atoms with van der Waals surface area (Å²) in [6.07, 6.45) is -3.70. The molecule has 98 valence electrons. The van der Waals surface area contributed by atoms with Gasteiger partial charge in [0.1, 0.15) is 0 Å². The molecule has 2 rings (SSSR count). The van der Waals surface area contributed by atoms with E-state index in [2.05, 4.69) is 0 Å². The van der Waals surface area contributed by atoms with E-state index in [0.29, 0.717) is 18.5 Å². The molecule has 1 aromatic carbocycles. The highest BCUT2D eigenvalue weighted by atomic mass is 35.5. The topological polar surface area (TPSA) is 20.3 Å². The van der Waals surface area contributed by atoms with Gasteiger partial charge >= 0.3 is 6.18 Å². The third kappa shape index (κ3) is 2.32. The molecular weight excluding hydrogens is 267 g/mol. The maximum atomic E-state index is 12.5. The highest BCUT2D eigenvalue weighted by molar-refractivity contribution is 6.21. The smallest absolute Gasteiger partial charge is 0.315 e. The van der Waals surface area contributed by atoms with E-state index in [1.807, 2.05) is 0 Å². The maximum absolute atomic E-state index is 12.5. The lowest BCUT2D eigenvalue weighted by molar-refractivity contribution is -0.131. The summed E-state index contributed by atoms with van der Waals surface area (Å²) in [6, 6.07) is 4.27. The van der Waals surface area contributed by atoms with E-state index in [9.17, 15) is 18.0 Å². The Morgan fingerprint density at radius 1 is 1.33 bits per heavy atom. The quantitative estimate of drug-likeness (QED) is 0.720. The number of fused-ring (bicyclic) bond motifs is 1. The van der Waals surface area contributed by atoms with E-state index in [1.165, 1.54) is 23.1 Å². The molecule has 1 aromatic rings. The van der Waals surface area contributed by atoms with Crippen molar-refractivity contribution < 1.29 is 18.0 Å². The monoisotopic (exact) mass is 277 g/mol. The van der Waals surface area contributed by atoms with Crippen LogP contribution >= 0.6 is 11.6 Å². The molecule has 1 aliphatic rings. The Labute approximate surface area is 107 Å². The largest absolute Gasteiger partial charge is 0.408 e. The van der Waals surface area contributed by atoms with Crippen molar-refractivity contribution >= 4 is 23.2 Å². The predicted octanol–water partition coefficient (Wildman–Crippen LogP) is 3.44. The SMILES string of the molecule is CN1C(=O)CCc2cc(C(Cl)C(F)(F)F)ccc21. The van der Waals surface area contributed by atoms with Crippen molar-refractivity contribution in [3.63, 3.8) is 0 Å². The fourth-order valence-corrected chi connectivity index (χ4v) is 2.16. The number of hydrogen-bond donors (Lipinski definition) is 0. The number of carbonyl (C=O) groups excluding carboxylic acids is 1. The normalized spacial score (nSPS) is 17.6. The van der Waals surface area contributed by atoms with Crippen LogP contribution in [0.4, 0.5) is 18.9 Å².